The van der Waals surface area contributed by atoms with Crippen molar-refractivity contribution in [2.75, 3.05) is 5.75 Å². The lowest BCUT2D eigenvalue weighted by molar-refractivity contribution is -0.268. The molecule has 1 aromatic heterocycles. The summed E-state index contributed by atoms with van der Waals surface area (Å²) in [5.41, 5.74) is 6.34. The average Bonchev–Trinajstić information content (AvgIpc) is 3.14. The van der Waals surface area contributed by atoms with E-state index in [1.54, 1.807) is 30.5 Å². The summed E-state index contributed by atoms with van der Waals surface area (Å²) in [6, 6.07) is 36.1. The highest BCUT2D eigenvalue weighted by Gasteiger charge is 2.38. The molecular formula is C39H36N2O6S. The molecular weight excluding hydrogens is 625 g/mol. The number of rotatable bonds is 11. The van der Waals surface area contributed by atoms with Crippen LogP contribution in [0.5, 0.6) is 0 Å². The molecule has 0 saturated carbocycles. The maximum atomic E-state index is 12.6. The summed E-state index contributed by atoms with van der Waals surface area (Å²) in [6.07, 6.45) is 0.296. The summed E-state index contributed by atoms with van der Waals surface area (Å²) in [5.74, 6) is -0.748. The summed E-state index contributed by atoms with van der Waals surface area (Å²) in [5, 5.41) is 22.7. The van der Waals surface area contributed by atoms with E-state index >= 15 is 0 Å². The number of aliphatic hydroxyl groups is 1. The van der Waals surface area contributed by atoms with Crippen molar-refractivity contribution in [3.8, 4) is 11.1 Å². The van der Waals surface area contributed by atoms with Crippen LogP contribution in [0.4, 0.5) is 0 Å². The summed E-state index contributed by atoms with van der Waals surface area (Å²) >= 11 is 1.36. The molecule has 8 nitrogen and oxygen atoms in total. The molecule has 2 heterocycles. The molecule has 1 amide bonds. The van der Waals surface area contributed by atoms with Gasteiger partial charge in [-0.3, -0.25) is 4.79 Å². The maximum Gasteiger partial charge on any atom is 0.338 e. The van der Waals surface area contributed by atoms with Gasteiger partial charge in [0.1, 0.15) is 5.03 Å². The average molecular weight is 661 g/mol. The number of ether oxygens (including phenoxy) is 2. The summed E-state index contributed by atoms with van der Waals surface area (Å²) < 4.78 is 13.3. The first kappa shape index (κ1) is 33.1. The van der Waals surface area contributed by atoms with Crippen LogP contribution in [-0.4, -0.2) is 38.9 Å². The zero-order valence-corrected chi connectivity index (χ0v) is 27.2. The standard InChI is InChI=1S/C39H36N2O6S/c1-25-34(24-48-37-33(38(44)45)14-7-19-40-37)46-39(47-35(25)28-17-15-26(23-42)16-18-28)32-13-6-12-31(21-32)30-11-5-8-27(20-30)22-41-36(43)29-9-3-2-4-10-29/h2-21,25,34-35,39,42H,22-24H2,1H3,(H,41,43)(H,44,45)/t25-,34+,35+,39+/m0/s1. The molecule has 1 saturated heterocycles. The molecule has 0 radical (unpaired) electrons. The molecule has 48 heavy (non-hydrogen) atoms. The van der Waals surface area contributed by atoms with Crippen LogP contribution < -0.4 is 5.32 Å². The van der Waals surface area contributed by atoms with Gasteiger partial charge in [-0.05, 0) is 64.2 Å². The molecule has 1 aliphatic heterocycles. The minimum atomic E-state index is -1.02. The minimum absolute atomic E-state index is 0.0459. The molecule has 0 bridgehead atoms. The molecule has 4 atom stereocenters. The number of nitrogens with one attached hydrogen (secondary N) is 1. The van der Waals surface area contributed by atoms with E-state index in [-0.39, 0.29) is 36.2 Å². The van der Waals surface area contributed by atoms with Gasteiger partial charge in [0.2, 0.25) is 0 Å². The van der Waals surface area contributed by atoms with Gasteiger partial charge in [-0.15, -0.1) is 11.8 Å². The number of aliphatic hydroxyl groups excluding tert-OH is 1. The zero-order chi connectivity index (χ0) is 33.5. The van der Waals surface area contributed by atoms with Crippen molar-refractivity contribution in [3.05, 3.63) is 155 Å². The molecule has 1 fully saturated rings. The normalized spacial score (nSPS) is 19.0. The lowest BCUT2D eigenvalue weighted by Crippen LogP contribution is -2.38. The second-order valence-electron chi connectivity index (χ2n) is 11.7. The van der Waals surface area contributed by atoms with Crippen molar-refractivity contribution < 1.29 is 29.3 Å². The number of carboxylic acid groups (broad SMARTS) is 1. The van der Waals surface area contributed by atoms with Gasteiger partial charge in [-0.2, -0.15) is 0 Å². The number of carbonyl (C=O) groups is 2. The maximum absolute atomic E-state index is 12.6. The monoisotopic (exact) mass is 660 g/mol. The van der Waals surface area contributed by atoms with Gasteiger partial charge < -0.3 is 25.0 Å². The second kappa shape index (κ2) is 15.4. The van der Waals surface area contributed by atoms with Gasteiger partial charge >= 0.3 is 5.97 Å². The topological polar surface area (TPSA) is 118 Å². The number of carboxylic acids is 1. The Morgan fingerprint density at radius 1 is 0.812 bits per heavy atom. The van der Waals surface area contributed by atoms with Crippen molar-refractivity contribution in [2.24, 2.45) is 5.92 Å². The summed E-state index contributed by atoms with van der Waals surface area (Å²) in [7, 11) is 0. The van der Waals surface area contributed by atoms with E-state index in [1.165, 1.54) is 11.8 Å². The Morgan fingerprint density at radius 3 is 2.31 bits per heavy atom. The van der Waals surface area contributed by atoms with E-state index in [0.29, 0.717) is 22.9 Å². The van der Waals surface area contributed by atoms with Gasteiger partial charge in [0, 0.05) is 35.5 Å². The van der Waals surface area contributed by atoms with Crippen LogP contribution in [0.1, 0.15) is 62.3 Å². The molecule has 1 aliphatic rings. The third-order valence-electron chi connectivity index (χ3n) is 8.42. The van der Waals surface area contributed by atoms with Gasteiger partial charge in [0.25, 0.3) is 5.91 Å². The number of nitrogens with zero attached hydrogens (tertiary/aromatic N) is 1. The summed E-state index contributed by atoms with van der Waals surface area (Å²) in [6.45, 7) is 2.42. The molecule has 244 valence electrons. The Hall–Kier alpha value is -4.80. The fourth-order valence-corrected chi connectivity index (χ4v) is 6.89. The number of carbonyl (C=O) groups excluding carboxylic acids is 1. The van der Waals surface area contributed by atoms with Crippen molar-refractivity contribution in [1.82, 2.24) is 10.3 Å². The van der Waals surface area contributed by atoms with Gasteiger partial charge in [0.05, 0.1) is 24.4 Å². The Balaban J connectivity index is 1.24. The van der Waals surface area contributed by atoms with E-state index in [0.717, 1.165) is 33.4 Å². The van der Waals surface area contributed by atoms with Crippen LogP contribution in [0.2, 0.25) is 0 Å². The molecule has 9 heteroatoms. The Bertz CT molecular complexity index is 1870. The number of aromatic nitrogens is 1. The molecule has 0 spiro atoms. The van der Waals surface area contributed by atoms with Crippen LogP contribution >= 0.6 is 11.8 Å². The van der Waals surface area contributed by atoms with Crippen molar-refractivity contribution in [2.45, 2.75) is 43.6 Å². The van der Waals surface area contributed by atoms with Crippen LogP contribution in [0, 0.1) is 5.92 Å². The number of hydrogen-bond acceptors (Lipinski definition) is 7. The lowest BCUT2D eigenvalue weighted by Gasteiger charge is -2.41. The minimum Gasteiger partial charge on any atom is -0.478 e. The third kappa shape index (κ3) is 7.83. The fourth-order valence-electron chi connectivity index (χ4n) is 5.74. The van der Waals surface area contributed by atoms with Crippen LogP contribution in [0.3, 0.4) is 0 Å². The number of amides is 1. The van der Waals surface area contributed by atoms with Gasteiger partial charge in [-0.1, -0.05) is 85.8 Å². The number of pyridine rings is 1. The molecule has 4 aromatic carbocycles. The van der Waals surface area contributed by atoms with Gasteiger partial charge in [0.15, 0.2) is 6.29 Å². The Kier molecular flexibility index (Phi) is 10.6. The van der Waals surface area contributed by atoms with Crippen molar-refractivity contribution in [1.29, 1.82) is 0 Å². The zero-order valence-electron chi connectivity index (χ0n) is 26.4. The van der Waals surface area contributed by atoms with Crippen LogP contribution in [-0.2, 0) is 22.6 Å². The van der Waals surface area contributed by atoms with Crippen LogP contribution in [0.25, 0.3) is 11.1 Å². The van der Waals surface area contributed by atoms with Crippen molar-refractivity contribution in [3.63, 3.8) is 0 Å². The first-order chi connectivity index (χ1) is 23.4. The molecule has 0 unspecified atom stereocenters. The smallest absolute Gasteiger partial charge is 0.338 e. The van der Waals surface area contributed by atoms with E-state index < -0.39 is 12.3 Å². The lowest BCUT2D eigenvalue weighted by atomic mass is 9.91. The molecule has 3 N–H and O–H groups in total. The quantitative estimate of drug-likeness (QED) is 0.125. The molecule has 6 rings (SSSR count). The predicted octanol–water partition coefficient (Wildman–Crippen LogP) is 7.45. The first-order valence-electron chi connectivity index (χ1n) is 15.7. The van der Waals surface area contributed by atoms with Gasteiger partial charge in [-0.25, -0.2) is 9.78 Å². The highest BCUT2D eigenvalue weighted by Crippen LogP contribution is 2.43. The fraction of sp³-hybridized carbons (Fsp3) is 0.205. The van der Waals surface area contributed by atoms with Crippen LogP contribution in [0.15, 0.2) is 126 Å². The summed E-state index contributed by atoms with van der Waals surface area (Å²) in [4.78, 5) is 28.7. The van der Waals surface area contributed by atoms with E-state index in [4.69, 9.17) is 9.47 Å². The largest absolute Gasteiger partial charge is 0.478 e. The van der Waals surface area contributed by atoms with E-state index in [9.17, 15) is 19.8 Å². The SMILES string of the molecule is C[C@H]1[C@@H](CSc2ncccc2C(=O)O)O[C@@H](c2cccc(-c3cccc(CNC(=O)c4ccccc4)c3)c2)O[C@H]1c1ccc(CO)cc1. The third-order valence-corrected chi connectivity index (χ3v) is 9.51. The predicted molar refractivity (Wildman–Crippen MR) is 184 cm³/mol. The highest BCUT2D eigenvalue weighted by atomic mass is 32.2. The number of thioether (sulfide) groups is 1. The first-order valence-corrected chi connectivity index (χ1v) is 16.7. The number of hydrogen-bond donors (Lipinski definition) is 3. The van der Waals surface area contributed by atoms with Crippen molar-refractivity contribution >= 4 is 23.6 Å². The number of benzene rings is 4. The molecule has 0 aliphatic carbocycles. The second-order valence-corrected chi connectivity index (χ2v) is 12.7. The molecule has 5 aromatic rings. The highest BCUT2D eigenvalue weighted by molar-refractivity contribution is 7.99. The van der Waals surface area contributed by atoms with E-state index in [1.807, 2.05) is 78.9 Å². The van der Waals surface area contributed by atoms with E-state index in [2.05, 4.69) is 29.4 Å². The Morgan fingerprint density at radius 2 is 1.56 bits per heavy atom. The Labute approximate surface area is 283 Å². The number of aromatic carboxylic acids is 1.